The summed E-state index contributed by atoms with van der Waals surface area (Å²) in [5, 5.41) is 19.1. The number of morpholine rings is 1. The first kappa shape index (κ1) is 19.4. The molecule has 0 aromatic carbocycles. The Labute approximate surface area is 158 Å². The quantitative estimate of drug-likeness (QED) is 0.767. The molecule has 2 aromatic heterocycles. The molecule has 0 saturated carbocycles. The largest absolute Gasteiger partial charge is 0.379 e. The van der Waals surface area contributed by atoms with Crippen LogP contribution in [0.15, 0.2) is 6.07 Å². The molecule has 1 aliphatic rings. The number of tetrazole rings is 1. The molecule has 27 heavy (non-hydrogen) atoms. The van der Waals surface area contributed by atoms with Crippen molar-refractivity contribution in [2.24, 2.45) is 0 Å². The molecule has 1 aliphatic heterocycles. The number of aromatic nitrogens is 6. The Hall–Kier alpha value is -2.33. The van der Waals surface area contributed by atoms with Crippen molar-refractivity contribution < 1.29 is 9.53 Å². The first-order valence-corrected chi connectivity index (χ1v) is 9.17. The molecule has 3 rings (SSSR count). The molecule has 148 valence electrons. The van der Waals surface area contributed by atoms with Crippen LogP contribution in [0.5, 0.6) is 0 Å². The molecule has 2 aromatic rings. The van der Waals surface area contributed by atoms with Crippen LogP contribution in [0.2, 0.25) is 0 Å². The van der Waals surface area contributed by atoms with E-state index in [4.69, 9.17) is 4.74 Å². The fourth-order valence-electron chi connectivity index (χ4n) is 2.84. The standard InChI is InChI=1S/C17H28N8O2/c1-17(2,3)14-9-13(18-19-14)10-23(4)16(26)12-25-15(20-21-22-25)11-24-5-7-27-8-6-24/h9H,5-8,10-12H2,1-4H3,(H,18,19). The van der Waals surface area contributed by atoms with Crippen LogP contribution in [0.1, 0.15) is 38.0 Å². The summed E-state index contributed by atoms with van der Waals surface area (Å²) in [7, 11) is 1.77. The number of rotatable bonds is 6. The van der Waals surface area contributed by atoms with Crippen molar-refractivity contribution in [1.29, 1.82) is 0 Å². The maximum absolute atomic E-state index is 12.6. The lowest BCUT2D eigenvalue weighted by Crippen LogP contribution is -2.37. The highest BCUT2D eigenvalue weighted by Gasteiger charge is 2.20. The van der Waals surface area contributed by atoms with Crippen molar-refractivity contribution in [3.63, 3.8) is 0 Å². The number of nitrogens with zero attached hydrogens (tertiary/aromatic N) is 7. The first-order valence-electron chi connectivity index (χ1n) is 9.17. The SMILES string of the molecule is CN(Cc1cc(C(C)(C)C)n[nH]1)C(=O)Cn1nnnc1CN1CCOCC1. The van der Waals surface area contributed by atoms with Gasteiger partial charge in [0, 0.05) is 25.6 Å². The van der Waals surface area contributed by atoms with E-state index >= 15 is 0 Å². The highest BCUT2D eigenvalue weighted by Crippen LogP contribution is 2.20. The summed E-state index contributed by atoms with van der Waals surface area (Å²) in [5.41, 5.74) is 1.85. The number of H-pyrrole nitrogens is 1. The molecule has 3 heterocycles. The number of likely N-dealkylation sites (N-methyl/N-ethyl adjacent to an activating group) is 1. The van der Waals surface area contributed by atoms with Crippen molar-refractivity contribution in [1.82, 2.24) is 40.2 Å². The van der Waals surface area contributed by atoms with Crippen LogP contribution in [0.25, 0.3) is 0 Å². The van der Waals surface area contributed by atoms with E-state index in [1.54, 1.807) is 16.6 Å². The number of hydrogen-bond donors (Lipinski definition) is 1. The fourth-order valence-corrected chi connectivity index (χ4v) is 2.84. The van der Waals surface area contributed by atoms with Crippen molar-refractivity contribution in [2.45, 2.75) is 45.8 Å². The molecule has 0 unspecified atom stereocenters. The van der Waals surface area contributed by atoms with E-state index in [1.165, 1.54) is 0 Å². The van der Waals surface area contributed by atoms with Gasteiger partial charge < -0.3 is 9.64 Å². The van der Waals surface area contributed by atoms with E-state index < -0.39 is 0 Å². The van der Waals surface area contributed by atoms with E-state index in [2.05, 4.69) is 51.4 Å². The average molecular weight is 376 g/mol. The maximum atomic E-state index is 12.6. The summed E-state index contributed by atoms with van der Waals surface area (Å²) in [6.45, 7) is 10.6. The summed E-state index contributed by atoms with van der Waals surface area (Å²) >= 11 is 0. The number of amides is 1. The lowest BCUT2D eigenvalue weighted by atomic mass is 9.92. The molecule has 10 heteroatoms. The van der Waals surface area contributed by atoms with Gasteiger partial charge in [0.25, 0.3) is 0 Å². The predicted molar refractivity (Wildman–Crippen MR) is 97.7 cm³/mol. The number of nitrogens with one attached hydrogen (secondary N) is 1. The van der Waals surface area contributed by atoms with Crippen LogP contribution in [-0.4, -0.2) is 79.5 Å². The Balaban J connectivity index is 1.57. The summed E-state index contributed by atoms with van der Waals surface area (Å²) in [6.07, 6.45) is 0. The molecule has 1 fully saturated rings. The number of ether oxygens (including phenoxy) is 1. The van der Waals surface area contributed by atoms with Crippen molar-refractivity contribution in [2.75, 3.05) is 33.4 Å². The predicted octanol–water partition coefficient (Wildman–Crippen LogP) is 0.185. The minimum atomic E-state index is -0.0579. The van der Waals surface area contributed by atoms with Gasteiger partial charge in [-0.3, -0.25) is 14.8 Å². The van der Waals surface area contributed by atoms with Crippen LogP contribution < -0.4 is 0 Å². The zero-order valence-corrected chi connectivity index (χ0v) is 16.5. The normalized spacial score (nSPS) is 15.9. The van der Waals surface area contributed by atoms with Crippen LogP contribution in [0, 0.1) is 0 Å². The summed E-state index contributed by atoms with van der Waals surface area (Å²) < 4.78 is 6.93. The van der Waals surface area contributed by atoms with E-state index in [0.717, 1.165) is 24.5 Å². The van der Waals surface area contributed by atoms with Crippen molar-refractivity contribution >= 4 is 5.91 Å². The second-order valence-electron chi connectivity index (χ2n) is 7.92. The van der Waals surface area contributed by atoms with Gasteiger partial charge in [0.1, 0.15) is 6.54 Å². The second kappa shape index (κ2) is 8.13. The van der Waals surface area contributed by atoms with Gasteiger partial charge in [-0.25, -0.2) is 4.68 Å². The molecule has 0 bridgehead atoms. The topological polar surface area (TPSA) is 105 Å². The van der Waals surface area contributed by atoms with E-state index in [9.17, 15) is 4.79 Å². The minimum absolute atomic E-state index is 0.0296. The molecule has 1 amide bonds. The van der Waals surface area contributed by atoms with E-state index in [-0.39, 0.29) is 17.9 Å². The Morgan fingerprint density at radius 2 is 2.07 bits per heavy atom. The van der Waals surface area contributed by atoms with Gasteiger partial charge in [-0.15, -0.1) is 5.10 Å². The van der Waals surface area contributed by atoms with Gasteiger partial charge in [0.05, 0.1) is 37.7 Å². The van der Waals surface area contributed by atoms with Gasteiger partial charge in [-0.2, -0.15) is 5.10 Å². The summed E-state index contributed by atoms with van der Waals surface area (Å²) in [4.78, 5) is 16.5. The fraction of sp³-hybridized carbons (Fsp3) is 0.706. The molecule has 1 saturated heterocycles. The molecule has 0 radical (unpaired) electrons. The van der Waals surface area contributed by atoms with Gasteiger partial charge >= 0.3 is 0 Å². The maximum Gasteiger partial charge on any atom is 0.244 e. The first-order chi connectivity index (χ1) is 12.8. The van der Waals surface area contributed by atoms with Crippen LogP contribution in [0.4, 0.5) is 0 Å². The van der Waals surface area contributed by atoms with Crippen LogP contribution >= 0.6 is 0 Å². The zero-order valence-electron chi connectivity index (χ0n) is 16.5. The Morgan fingerprint density at radius 1 is 1.33 bits per heavy atom. The second-order valence-corrected chi connectivity index (χ2v) is 7.92. The molecule has 0 aliphatic carbocycles. The molecular formula is C17H28N8O2. The lowest BCUT2D eigenvalue weighted by molar-refractivity contribution is -0.131. The molecule has 0 atom stereocenters. The monoisotopic (exact) mass is 376 g/mol. The van der Waals surface area contributed by atoms with Crippen LogP contribution in [0.3, 0.4) is 0 Å². The number of aromatic amines is 1. The third-order valence-electron chi connectivity index (χ3n) is 4.59. The average Bonchev–Trinajstić information content (AvgIpc) is 3.25. The highest BCUT2D eigenvalue weighted by atomic mass is 16.5. The smallest absolute Gasteiger partial charge is 0.244 e. The van der Waals surface area contributed by atoms with Crippen molar-refractivity contribution in [3.8, 4) is 0 Å². The summed E-state index contributed by atoms with van der Waals surface area (Å²) in [5.74, 6) is 0.632. The highest BCUT2D eigenvalue weighted by molar-refractivity contribution is 5.75. The third kappa shape index (κ3) is 5.10. The van der Waals surface area contributed by atoms with Gasteiger partial charge in [-0.1, -0.05) is 20.8 Å². The molecule has 0 spiro atoms. The Kier molecular flexibility index (Phi) is 5.85. The van der Waals surface area contributed by atoms with E-state index in [0.29, 0.717) is 32.1 Å². The Bertz CT molecular complexity index is 757. The molecular weight excluding hydrogens is 348 g/mol. The molecule has 10 nitrogen and oxygen atoms in total. The van der Waals surface area contributed by atoms with Gasteiger partial charge in [-0.05, 0) is 16.5 Å². The summed E-state index contributed by atoms with van der Waals surface area (Å²) in [6, 6.07) is 2.00. The number of hydrogen-bond acceptors (Lipinski definition) is 7. The van der Waals surface area contributed by atoms with Gasteiger partial charge in [0.15, 0.2) is 5.82 Å². The van der Waals surface area contributed by atoms with Crippen molar-refractivity contribution in [3.05, 3.63) is 23.3 Å². The Morgan fingerprint density at radius 3 is 2.74 bits per heavy atom. The number of carbonyl (C=O) groups is 1. The lowest BCUT2D eigenvalue weighted by Gasteiger charge is -2.25. The van der Waals surface area contributed by atoms with Crippen LogP contribution in [-0.2, 0) is 34.6 Å². The number of carbonyl (C=O) groups excluding carboxylic acids is 1. The third-order valence-corrected chi connectivity index (χ3v) is 4.59. The van der Waals surface area contributed by atoms with E-state index in [1.807, 2.05) is 6.07 Å². The van der Waals surface area contributed by atoms with Gasteiger partial charge in [0.2, 0.25) is 5.91 Å². The zero-order chi connectivity index (χ0) is 19.4. The minimum Gasteiger partial charge on any atom is -0.379 e. The molecule has 1 N–H and O–H groups in total.